The second kappa shape index (κ2) is 6.33. The van der Waals surface area contributed by atoms with E-state index in [1.54, 1.807) is 6.92 Å². The lowest BCUT2D eigenvalue weighted by molar-refractivity contribution is -0.141. The van der Waals surface area contributed by atoms with Crippen molar-refractivity contribution in [1.82, 2.24) is 10.3 Å². The number of amides is 1. The quantitative estimate of drug-likeness (QED) is 0.777. The second-order valence-corrected chi connectivity index (χ2v) is 6.39. The number of carbonyl (C=O) groups is 2. The van der Waals surface area contributed by atoms with E-state index in [0.29, 0.717) is 10.6 Å². The van der Waals surface area contributed by atoms with Gasteiger partial charge in [0.25, 0.3) is 5.91 Å². The third-order valence-electron chi connectivity index (χ3n) is 2.77. The minimum atomic E-state index is -1.34. The number of nitrogens with zero attached hydrogens (tertiary/aromatic N) is 1. The van der Waals surface area contributed by atoms with Crippen LogP contribution >= 0.6 is 22.7 Å². The molecule has 0 radical (unpaired) electrons. The normalized spacial score (nSPS) is 13.7. The maximum Gasteiger partial charge on any atom is 0.328 e. The molecule has 0 spiro atoms. The van der Waals surface area contributed by atoms with Gasteiger partial charge in [-0.3, -0.25) is 4.79 Å². The third kappa shape index (κ3) is 3.46. The molecule has 0 fully saturated rings. The van der Waals surface area contributed by atoms with E-state index in [1.807, 2.05) is 17.5 Å². The predicted octanol–water partition coefficient (Wildman–Crippen LogP) is 1.74. The van der Waals surface area contributed by atoms with Crippen molar-refractivity contribution in [1.29, 1.82) is 0 Å². The smallest absolute Gasteiger partial charge is 0.328 e. The summed E-state index contributed by atoms with van der Waals surface area (Å²) in [4.78, 5) is 28.8. The Morgan fingerprint density at radius 3 is 2.67 bits per heavy atom. The number of hydrogen-bond donors (Lipinski definition) is 3. The zero-order chi connectivity index (χ0) is 15.6. The summed E-state index contributed by atoms with van der Waals surface area (Å²) in [6, 6.07) is 2.45. The molecule has 2 aromatic rings. The molecule has 0 saturated carbocycles. The van der Waals surface area contributed by atoms with Gasteiger partial charge in [-0.2, -0.15) is 0 Å². The molecule has 0 bridgehead atoms. The molecule has 0 aromatic carbocycles. The standard InChI is InChI=1S/C13H14N2O4S2/c1-6-10(11(17)15-9(7(2)16)13(18)19)21-12(14-6)8-4-3-5-20-8/h3-5,7,9,16H,1-2H3,(H,15,17)(H,18,19). The number of aliphatic hydroxyl groups excluding tert-OH is 1. The molecule has 2 rings (SSSR count). The molecule has 0 aliphatic heterocycles. The number of carboxylic acid groups (broad SMARTS) is 1. The number of rotatable bonds is 5. The number of thiophene rings is 1. The van der Waals surface area contributed by atoms with Gasteiger partial charge in [0, 0.05) is 0 Å². The molecule has 2 heterocycles. The van der Waals surface area contributed by atoms with Crippen LogP contribution in [0, 0.1) is 6.92 Å². The van der Waals surface area contributed by atoms with Crippen LogP contribution in [0.1, 0.15) is 22.3 Å². The number of carbonyl (C=O) groups excluding carboxylic acids is 1. The topological polar surface area (TPSA) is 99.5 Å². The van der Waals surface area contributed by atoms with Crippen LogP contribution in [0.5, 0.6) is 0 Å². The maximum atomic E-state index is 12.2. The van der Waals surface area contributed by atoms with Crippen molar-refractivity contribution in [2.24, 2.45) is 0 Å². The third-order valence-corrected chi connectivity index (χ3v) is 4.97. The second-order valence-electron chi connectivity index (χ2n) is 4.44. The Labute approximate surface area is 129 Å². The molecule has 2 atom stereocenters. The zero-order valence-corrected chi connectivity index (χ0v) is 13.0. The van der Waals surface area contributed by atoms with Crippen LogP contribution in [0.25, 0.3) is 9.88 Å². The molecule has 0 saturated heterocycles. The van der Waals surface area contributed by atoms with E-state index in [1.165, 1.54) is 29.6 Å². The predicted molar refractivity (Wildman–Crippen MR) is 80.7 cm³/mol. The molecule has 2 unspecified atom stereocenters. The number of aliphatic carboxylic acids is 1. The number of carboxylic acids is 1. The zero-order valence-electron chi connectivity index (χ0n) is 11.4. The minimum Gasteiger partial charge on any atom is -0.480 e. The van der Waals surface area contributed by atoms with Crippen molar-refractivity contribution in [3.05, 3.63) is 28.1 Å². The van der Waals surface area contributed by atoms with Gasteiger partial charge in [0.05, 0.1) is 16.7 Å². The van der Waals surface area contributed by atoms with Gasteiger partial charge in [-0.25, -0.2) is 9.78 Å². The molecule has 21 heavy (non-hydrogen) atoms. The highest BCUT2D eigenvalue weighted by molar-refractivity contribution is 7.22. The lowest BCUT2D eigenvalue weighted by atomic mass is 10.2. The summed E-state index contributed by atoms with van der Waals surface area (Å²) < 4.78 is 0. The lowest BCUT2D eigenvalue weighted by Gasteiger charge is -2.16. The van der Waals surface area contributed by atoms with E-state index in [4.69, 9.17) is 5.11 Å². The fraction of sp³-hybridized carbons (Fsp3) is 0.308. The van der Waals surface area contributed by atoms with Gasteiger partial charge in [0.2, 0.25) is 0 Å². The van der Waals surface area contributed by atoms with E-state index >= 15 is 0 Å². The Balaban J connectivity index is 2.22. The minimum absolute atomic E-state index is 0.352. The van der Waals surface area contributed by atoms with Crippen LogP contribution in [0.15, 0.2) is 17.5 Å². The molecular formula is C13H14N2O4S2. The van der Waals surface area contributed by atoms with Crippen LogP contribution in [0.2, 0.25) is 0 Å². The number of thiazole rings is 1. The summed E-state index contributed by atoms with van der Waals surface area (Å²) >= 11 is 2.72. The molecular weight excluding hydrogens is 312 g/mol. The number of nitrogens with one attached hydrogen (secondary N) is 1. The fourth-order valence-electron chi connectivity index (χ4n) is 1.71. The molecule has 0 aliphatic rings. The molecule has 0 aliphatic carbocycles. The van der Waals surface area contributed by atoms with Crippen molar-refractivity contribution in [2.45, 2.75) is 26.0 Å². The first-order valence-electron chi connectivity index (χ1n) is 6.13. The summed E-state index contributed by atoms with van der Waals surface area (Å²) in [7, 11) is 0. The largest absolute Gasteiger partial charge is 0.480 e. The summed E-state index contributed by atoms with van der Waals surface area (Å²) in [6.45, 7) is 3.01. The van der Waals surface area contributed by atoms with Crippen LogP contribution < -0.4 is 5.32 Å². The monoisotopic (exact) mass is 326 g/mol. The SMILES string of the molecule is Cc1nc(-c2cccs2)sc1C(=O)NC(C(=O)O)C(C)O. The van der Waals surface area contributed by atoms with Crippen molar-refractivity contribution in [2.75, 3.05) is 0 Å². The van der Waals surface area contributed by atoms with Crippen molar-refractivity contribution < 1.29 is 19.8 Å². The van der Waals surface area contributed by atoms with Crippen LogP contribution in [-0.4, -0.2) is 39.2 Å². The van der Waals surface area contributed by atoms with Gasteiger partial charge in [-0.15, -0.1) is 22.7 Å². The van der Waals surface area contributed by atoms with E-state index in [9.17, 15) is 14.7 Å². The van der Waals surface area contributed by atoms with Crippen LogP contribution in [-0.2, 0) is 4.79 Å². The summed E-state index contributed by atoms with van der Waals surface area (Å²) in [6.07, 6.45) is -1.18. The highest BCUT2D eigenvalue weighted by Gasteiger charge is 2.27. The van der Waals surface area contributed by atoms with Crippen LogP contribution in [0.4, 0.5) is 0 Å². The van der Waals surface area contributed by atoms with E-state index in [-0.39, 0.29) is 0 Å². The number of aryl methyl sites for hydroxylation is 1. The maximum absolute atomic E-state index is 12.2. The number of aromatic nitrogens is 1. The molecule has 112 valence electrons. The van der Waals surface area contributed by atoms with E-state index in [0.717, 1.165) is 9.88 Å². The fourth-order valence-corrected chi connectivity index (χ4v) is 3.47. The highest BCUT2D eigenvalue weighted by atomic mass is 32.1. The summed E-state index contributed by atoms with van der Waals surface area (Å²) in [5, 5.41) is 23.3. The van der Waals surface area contributed by atoms with Gasteiger partial charge < -0.3 is 15.5 Å². The lowest BCUT2D eigenvalue weighted by Crippen LogP contribution is -2.47. The Kier molecular flexibility index (Phi) is 4.71. The first kappa shape index (κ1) is 15.6. The molecule has 6 nitrogen and oxygen atoms in total. The molecule has 8 heteroatoms. The summed E-state index contributed by atoms with van der Waals surface area (Å²) in [5.74, 6) is -1.82. The van der Waals surface area contributed by atoms with Gasteiger partial charge in [-0.05, 0) is 25.3 Å². The van der Waals surface area contributed by atoms with Gasteiger partial charge in [0.1, 0.15) is 9.88 Å². The van der Waals surface area contributed by atoms with E-state index < -0.39 is 24.0 Å². The first-order chi connectivity index (χ1) is 9.90. The van der Waals surface area contributed by atoms with Crippen molar-refractivity contribution in [3.63, 3.8) is 0 Å². The number of hydrogen-bond acceptors (Lipinski definition) is 6. The van der Waals surface area contributed by atoms with Crippen molar-refractivity contribution >= 4 is 34.6 Å². The van der Waals surface area contributed by atoms with Gasteiger partial charge in [-0.1, -0.05) is 6.07 Å². The average Bonchev–Trinajstić information content (AvgIpc) is 3.03. The molecule has 3 N–H and O–H groups in total. The Morgan fingerprint density at radius 2 is 2.14 bits per heavy atom. The Morgan fingerprint density at radius 1 is 1.43 bits per heavy atom. The highest BCUT2D eigenvalue weighted by Crippen LogP contribution is 2.31. The number of aliphatic hydroxyl groups is 1. The molecule has 2 aromatic heterocycles. The van der Waals surface area contributed by atoms with Crippen LogP contribution in [0.3, 0.4) is 0 Å². The Hall–Kier alpha value is -1.77. The average molecular weight is 326 g/mol. The van der Waals surface area contributed by atoms with Gasteiger partial charge in [0.15, 0.2) is 6.04 Å². The molecule has 1 amide bonds. The van der Waals surface area contributed by atoms with Crippen molar-refractivity contribution in [3.8, 4) is 9.88 Å². The van der Waals surface area contributed by atoms with E-state index in [2.05, 4.69) is 10.3 Å². The van der Waals surface area contributed by atoms with Gasteiger partial charge >= 0.3 is 5.97 Å². The first-order valence-corrected chi connectivity index (χ1v) is 7.82. The Bertz CT molecular complexity index is 649. The summed E-state index contributed by atoms with van der Waals surface area (Å²) in [5.41, 5.74) is 0.538.